The van der Waals surface area contributed by atoms with Gasteiger partial charge in [-0.25, -0.2) is 0 Å². The van der Waals surface area contributed by atoms with Gasteiger partial charge in [-0.05, 0) is 31.0 Å². The molecule has 0 spiro atoms. The van der Waals surface area contributed by atoms with E-state index in [4.69, 9.17) is 4.74 Å². The van der Waals surface area contributed by atoms with Gasteiger partial charge in [0.2, 0.25) is 0 Å². The molecule has 0 aliphatic carbocycles. The highest BCUT2D eigenvalue weighted by Crippen LogP contribution is 2.32. The first-order valence-electron chi connectivity index (χ1n) is 7.81. The standard InChI is InChI=1S/C19H24O2/c1-2-3-4-8-15-19(17-13-9-10-14-18(17)20)21-16-11-6-5-7-12-16/h5-7,9-14,19-20H,2-4,8,15H2,1H3. The lowest BCUT2D eigenvalue weighted by Gasteiger charge is -2.20. The molecule has 0 saturated heterocycles. The second-order valence-electron chi connectivity index (χ2n) is 5.33. The third kappa shape index (κ3) is 4.82. The van der Waals surface area contributed by atoms with Crippen molar-refractivity contribution in [2.75, 3.05) is 0 Å². The van der Waals surface area contributed by atoms with E-state index in [-0.39, 0.29) is 6.10 Å². The molecule has 0 bridgehead atoms. The fourth-order valence-corrected chi connectivity index (χ4v) is 2.46. The third-order valence-corrected chi connectivity index (χ3v) is 3.63. The minimum absolute atomic E-state index is 0.0922. The van der Waals surface area contributed by atoms with Crippen molar-refractivity contribution in [3.05, 3.63) is 60.2 Å². The average molecular weight is 284 g/mol. The molecule has 2 heteroatoms. The molecule has 0 fully saturated rings. The van der Waals surface area contributed by atoms with E-state index >= 15 is 0 Å². The molecule has 2 nitrogen and oxygen atoms in total. The van der Waals surface area contributed by atoms with Crippen molar-refractivity contribution in [3.63, 3.8) is 0 Å². The smallest absolute Gasteiger partial charge is 0.127 e. The highest BCUT2D eigenvalue weighted by atomic mass is 16.5. The summed E-state index contributed by atoms with van der Waals surface area (Å²) in [6.07, 6.45) is 5.62. The highest BCUT2D eigenvalue weighted by molar-refractivity contribution is 5.35. The zero-order valence-corrected chi connectivity index (χ0v) is 12.7. The maximum absolute atomic E-state index is 10.1. The Morgan fingerprint density at radius 3 is 2.33 bits per heavy atom. The predicted octanol–water partition coefficient (Wildman–Crippen LogP) is 5.48. The monoisotopic (exact) mass is 284 g/mol. The number of unbranched alkanes of at least 4 members (excludes halogenated alkanes) is 3. The van der Waals surface area contributed by atoms with Crippen molar-refractivity contribution in [2.24, 2.45) is 0 Å². The summed E-state index contributed by atoms with van der Waals surface area (Å²) in [5.74, 6) is 1.16. The van der Waals surface area contributed by atoms with E-state index < -0.39 is 0 Å². The Labute approximate surface area is 127 Å². The summed E-state index contributed by atoms with van der Waals surface area (Å²) in [7, 11) is 0. The molecular formula is C19H24O2. The zero-order chi connectivity index (χ0) is 14.9. The van der Waals surface area contributed by atoms with E-state index in [0.29, 0.717) is 5.75 Å². The molecular weight excluding hydrogens is 260 g/mol. The van der Waals surface area contributed by atoms with Crippen LogP contribution in [-0.2, 0) is 0 Å². The van der Waals surface area contributed by atoms with Gasteiger partial charge in [0.05, 0.1) is 0 Å². The minimum atomic E-state index is -0.0922. The Morgan fingerprint density at radius 1 is 0.905 bits per heavy atom. The molecule has 0 aliphatic heterocycles. The summed E-state index contributed by atoms with van der Waals surface area (Å²) in [5, 5.41) is 10.1. The van der Waals surface area contributed by atoms with Crippen LogP contribution in [0.2, 0.25) is 0 Å². The molecule has 1 unspecified atom stereocenters. The molecule has 0 aromatic heterocycles. The van der Waals surface area contributed by atoms with E-state index in [0.717, 1.165) is 24.2 Å². The van der Waals surface area contributed by atoms with Gasteiger partial charge in [0, 0.05) is 5.56 Å². The first kappa shape index (κ1) is 15.4. The summed E-state index contributed by atoms with van der Waals surface area (Å²) in [6.45, 7) is 2.21. The Morgan fingerprint density at radius 2 is 1.62 bits per heavy atom. The number of aromatic hydroxyl groups is 1. The fourth-order valence-electron chi connectivity index (χ4n) is 2.46. The van der Waals surface area contributed by atoms with Crippen molar-refractivity contribution in [1.29, 1.82) is 0 Å². The summed E-state index contributed by atoms with van der Waals surface area (Å²) in [5.41, 5.74) is 0.873. The van der Waals surface area contributed by atoms with E-state index in [9.17, 15) is 5.11 Å². The summed E-state index contributed by atoms with van der Waals surface area (Å²) in [6, 6.07) is 17.3. The zero-order valence-electron chi connectivity index (χ0n) is 12.7. The number of hydrogen-bond acceptors (Lipinski definition) is 2. The van der Waals surface area contributed by atoms with Crippen molar-refractivity contribution in [3.8, 4) is 11.5 Å². The Bertz CT molecular complexity index is 522. The molecule has 112 valence electrons. The van der Waals surface area contributed by atoms with Gasteiger partial charge >= 0.3 is 0 Å². The van der Waals surface area contributed by atoms with Crippen LogP contribution < -0.4 is 4.74 Å². The van der Waals surface area contributed by atoms with Crippen molar-refractivity contribution in [1.82, 2.24) is 0 Å². The molecule has 0 radical (unpaired) electrons. The van der Waals surface area contributed by atoms with Crippen LogP contribution in [0, 0.1) is 0 Å². The quantitative estimate of drug-likeness (QED) is 0.650. The van der Waals surface area contributed by atoms with E-state index in [1.807, 2.05) is 48.5 Å². The van der Waals surface area contributed by atoms with E-state index in [1.54, 1.807) is 6.07 Å². The lowest BCUT2D eigenvalue weighted by Crippen LogP contribution is -2.08. The van der Waals surface area contributed by atoms with Gasteiger partial charge in [-0.1, -0.05) is 62.6 Å². The molecule has 0 saturated carbocycles. The maximum atomic E-state index is 10.1. The molecule has 2 aromatic carbocycles. The summed E-state index contributed by atoms with van der Waals surface area (Å²) in [4.78, 5) is 0. The van der Waals surface area contributed by atoms with Gasteiger partial charge < -0.3 is 9.84 Å². The lowest BCUT2D eigenvalue weighted by atomic mass is 10.0. The third-order valence-electron chi connectivity index (χ3n) is 3.63. The van der Waals surface area contributed by atoms with E-state index in [2.05, 4.69) is 6.92 Å². The summed E-state index contributed by atoms with van der Waals surface area (Å²) < 4.78 is 6.10. The molecule has 2 rings (SSSR count). The Balaban J connectivity index is 2.08. The number of para-hydroxylation sites is 2. The van der Waals surface area contributed by atoms with Gasteiger partial charge in [0.25, 0.3) is 0 Å². The lowest BCUT2D eigenvalue weighted by molar-refractivity contribution is 0.186. The fraction of sp³-hybridized carbons (Fsp3) is 0.368. The second kappa shape index (κ2) is 8.35. The van der Waals surface area contributed by atoms with Crippen LogP contribution in [0.25, 0.3) is 0 Å². The van der Waals surface area contributed by atoms with Crippen molar-refractivity contribution < 1.29 is 9.84 Å². The number of ether oxygens (including phenoxy) is 1. The van der Waals surface area contributed by atoms with E-state index in [1.165, 1.54) is 19.3 Å². The van der Waals surface area contributed by atoms with Crippen LogP contribution in [0.15, 0.2) is 54.6 Å². The Hall–Kier alpha value is -1.96. The van der Waals surface area contributed by atoms with Crippen molar-refractivity contribution in [2.45, 2.75) is 45.1 Å². The van der Waals surface area contributed by atoms with Crippen LogP contribution in [0.3, 0.4) is 0 Å². The van der Waals surface area contributed by atoms with Crippen LogP contribution in [0.5, 0.6) is 11.5 Å². The first-order chi connectivity index (χ1) is 10.3. The number of hydrogen-bond donors (Lipinski definition) is 1. The van der Waals surface area contributed by atoms with Gasteiger partial charge in [-0.15, -0.1) is 0 Å². The maximum Gasteiger partial charge on any atom is 0.127 e. The molecule has 21 heavy (non-hydrogen) atoms. The molecule has 0 aliphatic rings. The molecule has 1 atom stereocenters. The SMILES string of the molecule is CCCCCCC(Oc1ccccc1)c1ccccc1O. The molecule has 1 N–H and O–H groups in total. The number of benzene rings is 2. The van der Waals surface area contributed by atoms with Gasteiger partial charge in [0.15, 0.2) is 0 Å². The molecule has 0 heterocycles. The van der Waals surface area contributed by atoms with Crippen LogP contribution in [-0.4, -0.2) is 5.11 Å². The normalized spacial score (nSPS) is 12.0. The predicted molar refractivity (Wildman–Crippen MR) is 86.7 cm³/mol. The highest BCUT2D eigenvalue weighted by Gasteiger charge is 2.16. The first-order valence-corrected chi connectivity index (χ1v) is 7.81. The second-order valence-corrected chi connectivity index (χ2v) is 5.33. The van der Waals surface area contributed by atoms with Crippen LogP contribution >= 0.6 is 0 Å². The Kier molecular flexibility index (Phi) is 6.14. The van der Waals surface area contributed by atoms with Crippen LogP contribution in [0.1, 0.15) is 50.7 Å². The van der Waals surface area contributed by atoms with Crippen LogP contribution in [0.4, 0.5) is 0 Å². The number of phenols is 1. The van der Waals surface area contributed by atoms with Gasteiger partial charge in [0.1, 0.15) is 17.6 Å². The molecule has 0 amide bonds. The number of phenolic OH excluding ortho intramolecular Hbond substituents is 1. The van der Waals surface area contributed by atoms with Gasteiger partial charge in [-0.3, -0.25) is 0 Å². The molecule has 2 aromatic rings. The minimum Gasteiger partial charge on any atom is -0.508 e. The van der Waals surface area contributed by atoms with Gasteiger partial charge in [-0.2, -0.15) is 0 Å². The summed E-state index contributed by atoms with van der Waals surface area (Å²) >= 11 is 0. The average Bonchev–Trinajstić information content (AvgIpc) is 2.52. The topological polar surface area (TPSA) is 29.5 Å². The van der Waals surface area contributed by atoms with Crippen molar-refractivity contribution >= 4 is 0 Å². The number of rotatable bonds is 8. The largest absolute Gasteiger partial charge is 0.508 e.